The van der Waals surface area contributed by atoms with Crippen LogP contribution in [0.15, 0.2) is 48.5 Å². The molecule has 0 spiro atoms. The second kappa shape index (κ2) is 9.01. The Hall–Kier alpha value is -3.68. The molecule has 0 atom stereocenters. The summed E-state index contributed by atoms with van der Waals surface area (Å²) in [6.45, 7) is 3.46. The maximum absolute atomic E-state index is 12.6. The molecule has 8 heteroatoms. The summed E-state index contributed by atoms with van der Waals surface area (Å²) >= 11 is 0. The first-order valence-corrected chi connectivity index (χ1v) is 9.24. The molecule has 4 amide bonds. The molecule has 0 saturated carbocycles. The fourth-order valence-corrected chi connectivity index (χ4v) is 3.02. The third kappa shape index (κ3) is 5.19. The third-order valence-electron chi connectivity index (χ3n) is 4.61. The fraction of sp³-hybridized carbons (Fsp3) is 0.238. The van der Waals surface area contributed by atoms with Crippen molar-refractivity contribution in [3.63, 3.8) is 0 Å². The maximum Gasteiger partial charge on any atom is 0.255 e. The van der Waals surface area contributed by atoms with Crippen molar-refractivity contribution in [1.82, 2.24) is 9.80 Å². The molecule has 2 aromatic carbocycles. The van der Waals surface area contributed by atoms with E-state index in [1.54, 1.807) is 58.3 Å². The molecule has 0 aliphatic carbocycles. The molecule has 2 N–H and O–H groups in total. The Labute approximate surface area is 168 Å². The summed E-state index contributed by atoms with van der Waals surface area (Å²) in [7, 11) is 0. The molecule has 1 saturated heterocycles. The van der Waals surface area contributed by atoms with E-state index in [9.17, 15) is 19.2 Å². The van der Waals surface area contributed by atoms with Crippen LogP contribution in [-0.4, -0.2) is 60.1 Å². The summed E-state index contributed by atoms with van der Waals surface area (Å²) in [6.07, 6.45) is 0.794. The number of benzene rings is 2. The smallest absolute Gasteiger partial charge is 0.255 e. The molecule has 29 heavy (non-hydrogen) atoms. The Morgan fingerprint density at radius 1 is 0.793 bits per heavy atom. The minimum absolute atomic E-state index is 0.115. The van der Waals surface area contributed by atoms with Crippen LogP contribution >= 0.6 is 0 Å². The van der Waals surface area contributed by atoms with Crippen LogP contribution in [-0.2, 0) is 9.59 Å². The Balaban J connectivity index is 1.59. The van der Waals surface area contributed by atoms with Gasteiger partial charge in [-0.1, -0.05) is 0 Å². The largest absolute Gasteiger partial charge is 0.342 e. The second-order valence-electron chi connectivity index (χ2n) is 6.72. The van der Waals surface area contributed by atoms with Gasteiger partial charge in [-0.15, -0.1) is 0 Å². The van der Waals surface area contributed by atoms with E-state index in [0.29, 0.717) is 48.7 Å². The van der Waals surface area contributed by atoms with E-state index in [4.69, 9.17) is 0 Å². The summed E-state index contributed by atoms with van der Waals surface area (Å²) < 4.78 is 0. The van der Waals surface area contributed by atoms with Gasteiger partial charge in [-0.25, -0.2) is 0 Å². The SMILES string of the molecule is CC(=O)Nc1ccc(NC(=O)c2ccc(C(=O)N3CCN(C=O)CC3)cc2)cc1. The predicted octanol–water partition coefficient (Wildman–Crippen LogP) is 1.81. The molecule has 1 aliphatic heterocycles. The number of piperazine rings is 1. The summed E-state index contributed by atoms with van der Waals surface area (Å²) in [6, 6.07) is 13.3. The standard InChI is InChI=1S/C21H22N4O4/c1-15(27)22-18-6-8-19(9-7-18)23-20(28)16-2-4-17(5-3-16)21(29)25-12-10-24(14-26)11-13-25/h2-9,14H,10-13H2,1H3,(H,22,27)(H,23,28). The highest BCUT2D eigenvalue weighted by atomic mass is 16.2. The molecular formula is C21H22N4O4. The van der Waals surface area contributed by atoms with Crippen molar-refractivity contribution in [3.05, 3.63) is 59.7 Å². The first-order valence-electron chi connectivity index (χ1n) is 9.24. The first kappa shape index (κ1) is 20.1. The zero-order valence-electron chi connectivity index (χ0n) is 16.1. The molecule has 2 aromatic rings. The van der Waals surface area contributed by atoms with E-state index < -0.39 is 0 Å². The molecule has 1 fully saturated rings. The molecule has 0 aromatic heterocycles. The topological polar surface area (TPSA) is 98.8 Å². The summed E-state index contributed by atoms with van der Waals surface area (Å²) in [5.41, 5.74) is 2.17. The molecule has 0 bridgehead atoms. The number of carbonyl (C=O) groups is 4. The fourth-order valence-electron chi connectivity index (χ4n) is 3.02. The molecule has 8 nitrogen and oxygen atoms in total. The van der Waals surface area contributed by atoms with E-state index in [1.807, 2.05) is 0 Å². The van der Waals surface area contributed by atoms with Crippen molar-refractivity contribution in [2.75, 3.05) is 36.8 Å². The van der Waals surface area contributed by atoms with Gasteiger partial charge in [-0.3, -0.25) is 19.2 Å². The number of anilines is 2. The lowest BCUT2D eigenvalue weighted by Gasteiger charge is -2.32. The molecule has 150 valence electrons. The van der Waals surface area contributed by atoms with Gasteiger partial charge >= 0.3 is 0 Å². The zero-order chi connectivity index (χ0) is 20.8. The average molecular weight is 394 g/mol. The lowest BCUT2D eigenvalue weighted by molar-refractivity contribution is -0.119. The van der Waals surface area contributed by atoms with Crippen LogP contribution in [0.3, 0.4) is 0 Å². The Morgan fingerprint density at radius 3 is 1.83 bits per heavy atom. The number of carbonyl (C=O) groups excluding carboxylic acids is 4. The van der Waals surface area contributed by atoms with Crippen molar-refractivity contribution >= 4 is 35.5 Å². The Bertz CT molecular complexity index is 901. The number of amides is 4. The van der Waals surface area contributed by atoms with Crippen LogP contribution in [0.1, 0.15) is 27.6 Å². The summed E-state index contributed by atoms with van der Waals surface area (Å²) in [5.74, 6) is -0.575. The third-order valence-corrected chi connectivity index (χ3v) is 4.61. The van der Waals surface area contributed by atoms with E-state index >= 15 is 0 Å². The number of nitrogens with zero attached hydrogens (tertiary/aromatic N) is 2. The van der Waals surface area contributed by atoms with Gasteiger partial charge in [0.05, 0.1) is 0 Å². The van der Waals surface area contributed by atoms with Gasteiger partial charge in [0.25, 0.3) is 11.8 Å². The minimum atomic E-state index is -0.295. The first-order chi connectivity index (χ1) is 14.0. The van der Waals surface area contributed by atoms with E-state index in [-0.39, 0.29) is 17.7 Å². The van der Waals surface area contributed by atoms with E-state index in [1.165, 1.54) is 6.92 Å². The van der Waals surface area contributed by atoms with Crippen LogP contribution in [0.25, 0.3) is 0 Å². The average Bonchev–Trinajstić information content (AvgIpc) is 2.74. The van der Waals surface area contributed by atoms with Crippen molar-refractivity contribution in [1.29, 1.82) is 0 Å². The molecule has 1 aliphatic rings. The quantitative estimate of drug-likeness (QED) is 0.756. The minimum Gasteiger partial charge on any atom is -0.342 e. The van der Waals surface area contributed by atoms with Crippen molar-refractivity contribution < 1.29 is 19.2 Å². The van der Waals surface area contributed by atoms with Crippen molar-refractivity contribution in [2.45, 2.75) is 6.92 Å². The highest BCUT2D eigenvalue weighted by molar-refractivity contribution is 6.05. The number of rotatable bonds is 5. The lowest BCUT2D eigenvalue weighted by atomic mass is 10.1. The normalized spacial score (nSPS) is 13.6. The highest BCUT2D eigenvalue weighted by Gasteiger charge is 2.21. The van der Waals surface area contributed by atoms with Gasteiger partial charge in [0.1, 0.15) is 0 Å². The number of hydrogen-bond acceptors (Lipinski definition) is 4. The van der Waals surface area contributed by atoms with Crippen molar-refractivity contribution in [3.8, 4) is 0 Å². The molecule has 0 radical (unpaired) electrons. The Morgan fingerprint density at radius 2 is 1.31 bits per heavy atom. The van der Waals surface area contributed by atoms with Crippen LogP contribution in [0.5, 0.6) is 0 Å². The van der Waals surface area contributed by atoms with Crippen LogP contribution in [0.2, 0.25) is 0 Å². The zero-order valence-corrected chi connectivity index (χ0v) is 16.1. The molecule has 0 unspecified atom stereocenters. The highest BCUT2D eigenvalue weighted by Crippen LogP contribution is 2.16. The number of nitrogens with one attached hydrogen (secondary N) is 2. The van der Waals surface area contributed by atoms with Gasteiger partial charge in [-0.2, -0.15) is 0 Å². The van der Waals surface area contributed by atoms with Crippen LogP contribution in [0, 0.1) is 0 Å². The molecule has 1 heterocycles. The Kier molecular flexibility index (Phi) is 6.23. The number of hydrogen-bond donors (Lipinski definition) is 2. The molecule has 3 rings (SSSR count). The van der Waals surface area contributed by atoms with Gasteiger partial charge in [0.15, 0.2) is 0 Å². The second-order valence-corrected chi connectivity index (χ2v) is 6.72. The van der Waals surface area contributed by atoms with E-state index in [0.717, 1.165) is 6.41 Å². The monoisotopic (exact) mass is 394 g/mol. The lowest BCUT2D eigenvalue weighted by Crippen LogP contribution is -2.48. The van der Waals surface area contributed by atoms with Gasteiger partial charge in [-0.05, 0) is 48.5 Å². The van der Waals surface area contributed by atoms with E-state index in [2.05, 4.69) is 10.6 Å². The molecular weight excluding hydrogens is 372 g/mol. The predicted molar refractivity (Wildman–Crippen MR) is 109 cm³/mol. The summed E-state index contributed by atoms with van der Waals surface area (Å²) in [5, 5.41) is 5.44. The van der Waals surface area contributed by atoms with Gasteiger partial charge < -0.3 is 20.4 Å². The summed E-state index contributed by atoms with van der Waals surface area (Å²) in [4.78, 5) is 50.1. The van der Waals surface area contributed by atoms with Crippen LogP contribution in [0.4, 0.5) is 11.4 Å². The van der Waals surface area contributed by atoms with Gasteiger partial charge in [0, 0.05) is 55.6 Å². The van der Waals surface area contributed by atoms with Crippen molar-refractivity contribution in [2.24, 2.45) is 0 Å². The van der Waals surface area contributed by atoms with Gasteiger partial charge in [0.2, 0.25) is 12.3 Å². The van der Waals surface area contributed by atoms with Crippen LogP contribution < -0.4 is 10.6 Å². The maximum atomic E-state index is 12.6.